The average Bonchev–Trinajstić information content (AvgIpc) is 2.82. The van der Waals surface area contributed by atoms with Crippen LogP contribution in [-0.4, -0.2) is 25.6 Å². The Hall–Kier alpha value is -4.11. The van der Waals surface area contributed by atoms with Crippen LogP contribution in [0.1, 0.15) is 11.1 Å². The predicted molar refractivity (Wildman–Crippen MR) is 119 cm³/mol. The molecule has 0 fully saturated rings. The second kappa shape index (κ2) is 9.36. The van der Waals surface area contributed by atoms with Gasteiger partial charge in [-0.05, 0) is 23.3 Å². The van der Waals surface area contributed by atoms with Crippen LogP contribution >= 0.6 is 0 Å². The Balaban J connectivity index is 1.65. The molecule has 0 aliphatic rings. The largest absolute Gasteiger partial charge is 0.375 e. The van der Waals surface area contributed by atoms with Crippen LogP contribution < -0.4 is 11.2 Å². The number of aromatic nitrogens is 3. The lowest BCUT2D eigenvalue weighted by atomic mass is 10.2. The number of pyridine rings is 1. The van der Waals surface area contributed by atoms with Crippen molar-refractivity contribution in [2.45, 2.75) is 19.7 Å². The molecule has 2 aromatic carbocycles. The van der Waals surface area contributed by atoms with Gasteiger partial charge in [0.25, 0.3) is 11.2 Å². The molecule has 9 heteroatoms. The van der Waals surface area contributed by atoms with Gasteiger partial charge in [-0.15, -0.1) is 0 Å². The molecule has 0 saturated carbocycles. The van der Waals surface area contributed by atoms with E-state index in [9.17, 15) is 19.7 Å². The summed E-state index contributed by atoms with van der Waals surface area (Å²) in [6, 6.07) is 18.9. The van der Waals surface area contributed by atoms with Crippen molar-refractivity contribution in [1.29, 1.82) is 0 Å². The molecule has 0 spiro atoms. The van der Waals surface area contributed by atoms with Gasteiger partial charge in [0, 0.05) is 18.3 Å². The Morgan fingerprint density at radius 1 is 0.938 bits per heavy atom. The number of hydrogen-bond donors (Lipinski definition) is 0. The van der Waals surface area contributed by atoms with Crippen LogP contribution in [0.5, 0.6) is 0 Å². The number of rotatable bonds is 8. The molecule has 0 aliphatic heterocycles. The van der Waals surface area contributed by atoms with Gasteiger partial charge in [0.1, 0.15) is 5.65 Å². The molecule has 9 nitrogen and oxygen atoms in total. The van der Waals surface area contributed by atoms with Crippen LogP contribution in [0, 0.1) is 10.1 Å². The minimum absolute atomic E-state index is 0.0409. The number of nitrogens with zero attached hydrogens (tertiary/aromatic N) is 4. The second-order valence-electron chi connectivity index (χ2n) is 7.17. The van der Waals surface area contributed by atoms with Crippen LogP contribution in [0.15, 0.2) is 82.5 Å². The number of nitro benzene ring substituents is 1. The summed E-state index contributed by atoms with van der Waals surface area (Å²) < 4.78 is 8.12. The molecule has 4 rings (SSSR count). The minimum atomic E-state index is -0.545. The molecule has 2 aromatic heterocycles. The highest BCUT2D eigenvalue weighted by Crippen LogP contribution is 2.15. The molecule has 0 saturated heterocycles. The van der Waals surface area contributed by atoms with Gasteiger partial charge in [0.2, 0.25) is 0 Å². The van der Waals surface area contributed by atoms with Crippen molar-refractivity contribution in [2.75, 3.05) is 6.61 Å². The van der Waals surface area contributed by atoms with Crippen molar-refractivity contribution in [2.24, 2.45) is 0 Å². The average molecular weight is 432 g/mol. The van der Waals surface area contributed by atoms with E-state index in [2.05, 4.69) is 4.98 Å². The summed E-state index contributed by atoms with van der Waals surface area (Å²) in [5, 5.41) is 11.4. The lowest BCUT2D eigenvalue weighted by Gasteiger charge is -2.13. The van der Waals surface area contributed by atoms with Gasteiger partial charge in [-0.1, -0.05) is 42.5 Å². The third-order valence-corrected chi connectivity index (χ3v) is 5.01. The Bertz CT molecular complexity index is 1380. The van der Waals surface area contributed by atoms with E-state index in [-0.39, 0.29) is 31.0 Å². The van der Waals surface area contributed by atoms with Crippen molar-refractivity contribution in [3.05, 3.63) is 115 Å². The monoisotopic (exact) mass is 432 g/mol. The topological polar surface area (TPSA) is 109 Å². The first-order valence-corrected chi connectivity index (χ1v) is 9.98. The van der Waals surface area contributed by atoms with Gasteiger partial charge < -0.3 is 4.74 Å². The first kappa shape index (κ1) is 21.1. The smallest absolute Gasteiger partial charge is 0.333 e. The number of hydrogen-bond acceptors (Lipinski definition) is 6. The summed E-state index contributed by atoms with van der Waals surface area (Å²) in [6.07, 6.45) is 1.50. The molecule has 162 valence electrons. The summed E-state index contributed by atoms with van der Waals surface area (Å²) in [5.41, 5.74) is 0.711. The van der Waals surface area contributed by atoms with E-state index >= 15 is 0 Å². The predicted octanol–water partition coefficient (Wildman–Crippen LogP) is 2.73. The van der Waals surface area contributed by atoms with Gasteiger partial charge in [0.05, 0.1) is 36.6 Å². The Kier molecular flexibility index (Phi) is 6.18. The first-order chi connectivity index (χ1) is 15.5. The number of non-ortho nitro benzene ring substituents is 1. The number of fused-ring (bicyclic) bond motifs is 1. The molecular weight excluding hydrogens is 412 g/mol. The second-order valence-corrected chi connectivity index (χ2v) is 7.17. The molecule has 4 aromatic rings. The fraction of sp³-hybridized carbons (Fsp3) is 0.174. The van der Waals surface area contributed by atoms with Gasteiger partial charge in [-0.25, -0.2) is 9.78 Å². The van der Waals surface area contributed by atoms with Crippen molar-refractivity contribution in [3.63, 3.8) is 0 Å². The molecule has 0 N–H and O–H groups in total. The van der Waals surface area contributed by atoms with E-state index < -0.39 is 16.2 Å². The van der Waals surface area contributed by atoms with Crippen molar-refractivity contribution >= 4 is 16.7 Å². The summed E-state index contributed by atoms with van der Waals surface area (Å²) in [6.45, 7) is 0.655. The number of nitro groups is 1. The van der Waals surface area contributed by atoms with E-state index in [4.69, 9.17) is 4.74 Å². The third kappa shape index (κ3) is 4.47. The van der Waals surface area contributed by atoms with Gasteiger partial charge in [-0.2, -0.15) is 0 Å². The van der Waals surface area contributed by atoms with Crippen LogP contribution in [-0.2, 0) is 24.4 Å². The molecule has 0 amide bonds. The summed E-state index contributed by atoms with van der Waals surface area (Å²) in [7, 11) is 0. The zero-order valence-electron chi connectivity index (χ0n) is 17.1. The van der Waals surface area contributed by atoms with E-state index in [0.29, 0.717) is 17.6 Å². The summed E-state index contributed by atoms with van der Waals surface area (Å²) in [4.78, 5) is 40.9. The van der Waals surface area contributed by atoms with E-state index in [1.807, 2.05) is 30.3 Å². The summed E-state index contributed by atoms with van der Waals surface area (Å²) in [5.74, 6) is 0. The van der Waals surface area contributed by atoms with E-state index in [1.165, 1.54) is 22.9 Å². The zero-order valence-corrected chi connectivity index (χ0v) is 17.1. The molecule has 0 unspecified atom stereocenters. The summed E-state index contributed by atoms with van der Waals surface area (Å²) >= 11 is 0. The Morgan fingerprint density at radius 3 is 2.50 bits per heavy atom. The fourth-order valence-electron chi connectivity index (χ4n) is 3.46. The maximum Gasteiger partial charge on any atom is 0.333 e. The third-order valence-electron chi connectivity index (χ3n) is 5.01. The lowest BCUT2D eigenvalue weighted by Crippen LogP contribution is -2.41. The minimum Gasteiger partial charge on any atom is -0.375 e. The van der Waals surface area contributed by atoms with Gasteiger partial charge >= 0.3 is 5.69 Å². The lowest BCUT2D eigenvalue weighted by molar-refractivity contribution is -0.384. The highest BCUT2D eigenvalue weighted by molar-refractivity contribution is 5.73. The molecule has 32 heavy (non-hydrogen) atoms. The first-order valence-electron chi connectivity index (χ1n) is 9.98. The molecular formula is C23H20N4O5. The standard InChI is InChI=1S/C23H20N4O5/c28-22-20-10-5-11-24-21(20)26(15-18-8-4-9-19(14-18)27(30)31)23(29)25(22)12-13-32-16-17-6-2-1-3-7-17/h1-11,14H,12-13,15-16H2. The molecule has 0 bridgehead atoms. The van der Waals surface area contributed by atoms with Crippen molar-refractivity contribution < 1.29 is 9.66 Å². The highest BCUT2D eigenvalue weighted by Gasteiger charge is 2.15. The molecule has 0 aliphatic carbocycles. The van der Waals surface area contributed by atoms with Gasteiger partial charge in [-0.3, -0.25) is 24.0 Å². The Labute approximate surface area is 182 Å². The SMILES string of the molecule is O=c1c2cccnc2n(Cc2cccc([N+](=O)[O-])c2)c(=O)n1CCOCc1ccccc1. The fourth-order valence-corrected chi connectivity index (χ4v) is 3.46. The molecule has 2 heterocycles. The van der Waals surface area contributed by atoms with Crippen LogP contribution in [0.3, 0.4) is 0 Å². The quantitative estimate of drug-likeness (QED) is 0.241. The van der Waals surface area contributed by atoms with E-state index in [0.717, 1.165) is 10.1 Å². The number of ether oxygens (including phenoxy) is 1. The van der Waals surface area contributed by atoms with Crippen molar-refractivity contribution in [1.82, 2.24) is 14.1 Å². The highest BCUT2D eigenvalue weighted by atomic mass is 16.6. The van der Waals surface area contributed by atoms with Gasteiger partial charge in [0.15, 0.2) is 0 Å². The van der Waals surface area contributed by atoms with Crippen LogP contribution in [0.25, 0.3) is 11.0 Å². The van der Waals surface area contributed by atoms with E-state index in [1.54, 1.807) is 24.3 Å². The number of benzene rings is 2. The molecule has 0 atom stereocenters. The Morgan fingerprint density at radius 2 is 1.72 bits per heavy atom. The molecule has 0 radical (unpaired) electrons. The maximum atomic E-state index is 13.2. The zero-order chi connectivity index (χ0) is 22.5. The van der Waals surface area contributed by atoms with Crippen LogP contribution in [0.2, 0.25) is 0 Å². The normalized spacial score (nSPS) is 11.0. The van der Waals surface area contributed by atoms with Crippen LogP contribution in [0.4, 0.5) is 5.69 Å². The maximum absolute atomic E-state index is 13.2. The van der Waals surface area contributed by atoms with Crippen molar-refractivity contribution in [3.8, 4) is 0 Å².